The molecule has 1 atom stereocenters. The number of halogens is 1. The molecule has 1 unspecified atom stereocenters. The Hall–Kier alpha value is -4.18. The summed E-state index contributed by atoms with van der Waals surface area (Å²) in [5, 5.41) is 2.47. The standard InChI is InChI=1S/C33H28FN3/c1-32(2,3)21-11-13-29-26(18-21)25-9-6-10-27-31(25)37(29)30-14-12-24(36-16-15-35-20-36)19-28(30)33(27,4)22-7-5-8-23(34)17-22/h5-20H,1-4H3. The van der Waals surface area contributed by atoms with E-state index < -0.39 is 5.41 Å². The summed E-state index contributed by atoms with van der Waals surface area (Å²) in [4.78, 5) is 4.25. The Morgan fingerprint density at radius 2 is 1.68 bits per heavy atom. The highest BCUT2D eigenvalue weighted by Crippen LogP contribution is 2.51. The zero-order valence-corrected chi connectivity index (χ0v) is 21.5. The Labute approximate surface area is 215 Å². The summed E-state index contributed by atoms with van der Waals surface area (Å²) in [6.07, 6.45) is 5.56. The number of nitrogens with zero attached hydrogens (tertiary/aromatic N) is 3. The Bertz CT molecular complexity index is 1840. The van der Waals surface area contributed by atoms with Gasteiger partial charge in [-0.25, -0.2) is 9.37 Å². The van der Waals surface area contributed by atoms with Gasteiger partial charge in [-0.3, -0.25) is 0 Å². The number of rotatable bonds is 2. The first-order valence-electron chi connectivity index (χ1n) is 12.7. The molecule has 4 heteroatoms. The summed E-state index contributed by atoms with van der Waals surface area (Å²) in [5.74, 6) is -0.223. The van der Waals surface area contributed by atoms with Crippen LogP contribution in [0.25, 0.3) is 33.2 Å². The minimum atomic E-state index is -0.551. The van der Waals surface area contributed by atoms with Crippen molar-refractivity contribution in [3.63, 3.8) is 0 Å². The molecule has 0 amide bonds. The molecule has 4 aromatic carbocycles. The van der Waals surface area contributed by atoms with Crippen LogP contribution in [0, 0.1) is 5.82 Å². The van der Waals surface area contributed by atoms with Crippen molar-refractivity contribution >= 4 is 21.8 Å². The number of aromatic nitrogens is 3. The van der Waals surface area contributed by atoms with E-state index in [2.05, 4.69) is 91.8 Å². The molecule has 6 aromatic rings. The van der Waals surface area contributed by atoms with E-state index >= 15 is 0 Å². The molecule has 3 heterocycles. The zero-order chi connectivity index (χ0) is 25.5. The molecule has 3 nitrogen and oxygen atoms in total. The summed E-state index contributed by atoms with van der Waals surface area (Å²) in [7, 11) is 0. The van der Waals surface area contributed by atoms with Crippen molar-refractivity contribution in [3.05, 3.63) is 126 Å². The highest BCUT2D eigenvalue weighted by atomic mass is 19.1. The van der Waals surface area contributed by atoms with Crippen molar-refractivity contribution in [2.45, 2.75) is 38.5 Å². The number of hydrogen-bond acceptors (Lipinski definition) is 1. The molecule has 7 rings (SSSR count). The van der Waals surface area contributed by atoms with Crippen LogP contribution < -0.4 is 0 Å². The van der Waals surface area contributed by atoms with E-state index in [1.54, 1.807) is 12.3 Å². The molecule has 0 bridgehead atoms. The maximum Gasteiger partial charge on any atom is 0.123 e. The molecule has 0 saturated heterocycles. The predicted octanol–water partition coefficient (Wildman–Crippen LogP) is 8.07. The van der Waals surface area contributed by atoms with Gasteiger partial charge < -0.3 is 9.13 Å². The molecular formula is C33H28FN3. The fraction of sp³-hybridized carbons (Fsp3) is 0.182. The SMILES string of the molecule is CC(C)(C)c1ccc2c(c1)c1cccc3c1n2-c1ccc(-n2ccnc2)cc1C3(C)c1cccc(F)c1. The van der Waals surface area contributed by atoms with E-state index in [0.717, 1.165) is 22.5 Å². The molecule has 182 valence electrons. The third-order valence-electron chi connectivity index (χ3n) is 8.16. The highest BCUT2D eigenvalue weighted by molar-refractivity contribution is 6.12. The van der Waals surface area contributed by atoms with Crippen LogP contribution in [0.4, 0.5) is 4.39 Å². The van der Waals surface area contributed by atoms with Gasteiger partial charge in [-0.1, -0.05) is 57.2 Å². The van der Waals surface area contributed by atoms with Crippen LogP contribution in [-0.4, -0.2) is 14.1 Å². The topological polar surface area (TPSA) is 22.8 Å². The summed E-state index contributed by atoms with van der Waals surface area (Å²) in [6.45, 7) is 9.00. The Kier molecular flexibility index (Phi) is 4.42. The monoisotopic (exact) mass is 485 g/mol. The summed E-state index contributed by atoms with van der Waals surface area (Å²) < 4.78 is 19.1. The summed E-state index contributed by atoms with van der Waals surface area (Å²) in [6, 6.07) is 27.1. The van der Waals surface area contributed by atoms with Gasteiger partial charge in [-0.15, -0.1) is 0 Å². The molecule has 1 aliphatic rings. The Morgan fingerprint density at radius 1 is 0.838 bits per heavy atom. The van der Waals surface area contributed by atoms with Crippen molar-refractivity contribution in [3.8, 4) is 11.4 Å². The van der Waals surface area contributed by atoms with Gasteiger partial charge >= 0.3 is 0 Å². The van der Waals surface area contributed by atoms with Crippen LogP contribution in [0.1, 0.15) is 49.9 Å². The smallest absolute Gasteiger partial charge is 0.123 e. The maximum atomic E-state index is 14.7. The number of fused-ring (bicyclic) bond motifs is 5. The number of hydrogen-bond donors (Lipinski definition) is 0. The van der Waals surface area contributed by atoms with E-state index in [9.17, 15) is 4.39 Å². The summed E-state index contributed by atoms with van der Waals surface area (Å²) in [5.41, 5.74) is 8.61. The molecule has 0 N–H and O–H groups in total. The zero-order valence-electron chi connectivity index (χ0n) is 21.5. The van der Waals surface area contributed by atoms with Crippen LogP contribution in [-0.2, 0) is 10.8 Å². The fourth-order valence-corrected chi connectivity index (χ4v) is 6.14. The number of imidazole rings is 1. The molecule has 0 spiro atoms. The van der Waals surface area contributed by atoms with Crippen molar-refractivity contribution in [2.24, 2.45) is 0 Å². The molecular weight excluding hydrogens is 457 g/mol. The maximum absolute atomic E-state index is 14.7. The molecule has 2 aromatic heterocycles. The second-order valence-corrected chi connectivity index (χ2v) is 11.3. The molecule has 0 radical (unpaired) electrons. The first-order chi connectivity index (χ1) is 17.8. The van der Waals surface area contributed by atoms with Gasteiger partial charge in [-0.05, 0) is 77.1 Å². The van der Waals surface area contributed by atoms with Crippen molar-refractivity contribution in [1.82, 2.24) is 14.1 Å². The van der Waals surface area contributed by atoms with E-state index in [0.29, 0.717) is 0 Å². The predicted molar refractivity (Wildman–Crippen MR) is 149 cm³/mol. The average molecular weight is 486 g/mol. The van der Waals surface area contributed by atoms with Gasteiger partial charge in [0.05, 0.1) is 23.0 Å². The number of benzene rings is 4. The average Bonchev–Trinajstić information content (AvgIpc) is 3.54. The van der Waals surface area contributed by atoms with Crippen LogP contribution in [0.15, 0.2) is 97.6 Å². The molecule has 0 fully saturated rings. The van der Waals surface area contributed by atoms with Crippen molar-refractivity contribution in [1.29, 1.82) is 0 Å². The van der Waals surface area contributed by atoms with Gasteiger partial charge in [0.15, 0.2) is 0 Å². The van der Waals surface area contributed by atoms with Gasteiger partial charge in [0, 0.05) is 34.3 Å². The first kappa shape index (κ1) is 22.1. The lowest BCUT2D eigenvalue weighted by molar-refractivity contribution is 0.591. The van der Waals surface area contributed by atoms with Crippen LogP contribution in [0.2, 0.25) is 0 Å². The van der Waals surface area contributed by atoms with E-state index in [1.165, 1.54) is 39.0 Å². The minimum Gasteiger partial charge on any atom is -0.309 e. The van der Waals surface area contributed by atoms with Gasteiger partial charge in [-0.2, -0.15) is 0 Å². The van der Waals surface area contributed by atoms with Crippen molar-refractivity contribution in [2.75, 3.05) is 0 Å². The van der Waals surface area contributed by atoms with Crippen LogP contribution in [0.3, 0.4) is 0 Å². The highest BCUT2D eigenvalue weighted by Gasteiger charge is 2.40. The molecule has 37 heavy (non-hydrogen) atoms. The third kappa shape index (κ3) is 3.02. The van der Waals surface area contributed by atoms with Gasteiger partial charge in [0.2, 0.25) is 0 Å². The van der Waals surface area contributed by atoms with E-state index in [1.807, 2.05) is 29.2 Å². The molecule has 1 aliphatic heterocycles. The Balaban J connectivity index is 1.65. The second kappa shape index (κ2) is 7.42. The lowest BCUT2D eigenvalue weighted by Crippen LogP contribution is -2.31. The summed E-state index contributed by atoms with van der Waals surface area (Å²) >= 11 is 0. The second-order valence-electron chi connectivity index (χ2n) is 11.3. The van der Waals surface area contributed by atoms with E-state index in [4.69, 9.17) is 0 Å². The van der Waals surface area contributed by atoms with Gasteiger partial charge in [0.1, 0.15) is 5.82 Å². The Morgan fingerprint density at radius 3 is 2.43 bits per heavy atom. The minimum absolute atomic E-state index is 0.0497. The fourth-order valence-electron chi connectivity index (χ4n) is 6.14. The molecule has 0 aliphatic carbocycles. The third-order valence-corrected chi connectivity index (χ3v) is 8.16. The first-order valence-corrected chi connectivity index (χ1v) is 12.7. The van der Waals surface area contributed by atoms with Gasteiger partial charge in [0.25, 0.3) is 0 Å². The quantitative estimate of drug-likeness (QED) is 0.243. The lowest BCUT2D eigenvalue weighted by atomic mass is 9.68. The van der Waals surface area contributed by atoms with Crippen LogP contribution >= 0.6 is 0 Å². The number of para-hydroxylation sites is 1. The van der Waals surface area contributed by atoms with Crippen molar-refractivity contribution < 1.29 is 4.39 Å². The van der Waals surface area contributed by atoms with Crippen LogP contribution in [0.5, 0.6) is 0 Å². The van der Waals surface area contributed by atoms with E-state index in [-0.39, 0.29) is 11.2 Å². The molecule has 0 saturated carbocycles. The largest absolute Gasteiger partial charge is 0.309 e. The lowest BCUT2D eigenvalue weighted by Gasteiger charge is -2.38. The normalized spacial score (nSPS) is 16.9.